The van der Waals surface area contributed by atoms with Gasteiger partial charge in [-0.1, -0.05) is 42.5 Å². The van der Waals surface area contributed by atoms with E-state index in [-0.39, 0.29) is 18.2 Å². The van der Waals surface area contributed by atoms with Crippen molar-refractivity contribution in [3.8, 4) is 5.75 Å². The third-order valence-corrected chi connectivity index (χ3v) is 4.77. The van der Waals surface area contributed by atoms with Gasteiger partial charge in [0.1, 0.15) is 12.4 Å². The second kappa shape index (κ2) is 10.3. The highest BCUT2D eigenvalue weighted by molar-refractivity contribution is 7.08. The van der Waals surface area contributed by atoms with E-state index < -0.39 is 0 Å². The summed E-state index contributed by atoms with van der Waals surface area (Å²) in [5, 5.41) is 9.22. The Morgan fingerprint density at radius 2 is 1.68 bits per heavy atom. The minimum atomic E-state index is -0.153. The number of thiophene rings is 1. The highest BCUT2D eigenvalue weighted by Crippen LogP contribution is 2.14. The number of rotatable bonds is 9. The molecule has 0 radical (unpaired) electrons. The molecule has 1 aromatic heterocycles. The lowest BCUT2D eigenvalue weighted by atomic mass is 10.2. The lowest BCUT2D eigenvalue weighted by Gasteiger charge is -2.09. The first-order chi connectivity index (χ1) is 13.7. The van der Waals surface area contributed by atoms with E-state index in [0.717, 1.165) is 16.9 Å². The summed E-state index contributed by atoms with van der Waals surface area (Å²) >= 11 is 1.47. The second-order valence-corrected chi connectivity index (χ2v) is 6.99. The summed E-state index contributed by atoms with van der Waals surface area (Å²) in [7, 11) is 0. The number of carbonyl (C=O) groups excluding carboxylic acids is 2. The summed E-state index contributed by atoms with van der Waals surface area (Å²) < 4.78 is 5.75. The quantitative estimate of drug-likeness (QED) is 0.581. The van der Waals surface area contributed by atoms with Gasteiger partial charge >= 0.3 is 0 Å². The van der Waals surface area contributed by atoms with Crippen LogP contribution in [0.2, 0.25) is 0 Å². The minimum absolute atomic E-state index is 0.102. The maximum absolute atomic E-state index is 11.9. The number of carbonyl (C=O) groups is 2. The Balaban J connectivity index is 1.35. The van der Waals surface area contributed by atoms with Crippen LogP contribution in [0.4, 0.5) is 0 Å². The molecule has 0 aliphatic rings. The van der Waals surface area contributed by atoms with Crippen molar-refractivity contribution in [2.24, 2.45) is 0 Å². The molecule has 0 fully saturated rings. The molecule has 28 heavy (non-hydrogen) atoms. The fourth-order valence-corrected chi connectivity index (χ4v) is 3.15. The van der Waals surface area contributed by atoms with Crippen LogP contribution in [0.15, 0.2) is 71.4 Å². The third kappa shape index (κ3) is 6.25. The lowest BCUT2D eigenvalue weighted by molar-refractivity contribution is -0.121. The van der Waals surface area contributed by atoms with Crippen molar-refractivity contribution >= 4 is 23.2 Å². The monoisotopic (exact) mass is 394 g/mol. The van der Waals surface area contributed by atoms with Crippen LogP contribution >= 0.6 is 11.3 Å². The van der Waals surface area contributed by atoms with E-state index in [4.69, 9.17) is 4.74 Å². The number of nitrogens with one attached hydrogen (secondary N) is 2. The van der Waals surface area contributed by atoms with Gasteiger partial charge in [-0.2, -0.15) is 11.3 Å². The average Bonchev–Trinajstić information content (AvgIpc) is 3.27. The van der Waals surface area contributed by atoms with E-state index in [1.165, 1.54) is 11.3 Å². The van der Waals surface area contributed by atoms with E-state index >= 15 is 0 Å². The summed E-state index contributed by atoms with van der Waals surface area (Å²) in [6, 6.07) is 19.4. The zero-order chi connectivity index (χ0) is 19.6. The number of hydrogen-bond acceptors (Lipinski definition) is 4. The molecule has 5 nitrogen and oxygen atoms in total. The molecule has 0 saturated heterocycles. The molecule has 3 rings (SSSR count). The lowest BCUT2D eigenvalue weighted by Crippen LogP contribution is -2.30. The molecule has 0 aliphatic carbocycles. The fourth-order valence-electron chi connectivity index (χ4n) is 2.52. The average molecular weight is 394 g/mol. The molecule has 0 atom stereocenters. The van der Waals surface area contributed by atoms with Gasteiger partial charge in [-0.25, -0.2) is 0 Å². The normalized spacial score (nSPS) is 10.3. The summed E-state index contributed by atoms with van der Waals surface area (Å²) in [5.74, 6) is 0.533. The van der Waals surface area contributed by atoms with Crippen molar-refractivity contribution in [2.45, 2.75) is 19.6 Å². The second-order valence-electron chi connectivity index (χ2n) is 6.21. The van der Waals surface area contributed by atoms with E-state index in [2.05, 4.69) is 10.6 Å². The van der Waals surface area contributed by atoms with E-state index in [9.17, 15) is 9.59 Å². The molecule has 0 unspecified atom stereocenters. The van der Waals surface area contributed by atoms with Gasteiger partial charge in [0.15, 0.2) is 0 Å². The Kier molecular flexibility index (Phi) is 7.21. The largest absolute Gasteiger partial charge is 0.489 e. The molecule has 2 amide bonds. The van der Waals surface area contributed by atoms with Gasteiger partial charge in [0.05, 0.1) is 0 Å². The van der Waals surface area contributed by atoms with E-state index in [1.807, 2.05) is 60.0 Å². The summed E-state index contributed by atoms with van der Waals surface area (Å²) in [4.78, 5) is 23.7. The topological polar surface area (TPSA) is 67.4 Å². The van der Waals surface area contributed by atoms with Crippen LogP contribution < -0.4 is 15.4 Å². The highest BCUT2D eigenvalue weighted by atomic mass is 32.1. The van der Waals surface area contributed by atoms with Crippen LogP contribution in [0, 0.1) is 0 Å². The van der Waals surface area contributed by atoms with E-state index in [0.29, 0.717) is 25.3 Å². The van der Waals surface area contributed by atoms with Gasteiger partial charge < -0.3 is 15.4 Å². The standard InChI is InChI=1S/C22H22N2O3S/c25-21(10-12-23-22(26)19-11-13-28-16-19)24-14-17-6-8-20(9-7-17)27-15-18-4-2-1-3-5-18/h1-9,11,13,16H,10,12,14-15H2,(H,23,26)(H,24,25). The van der Waals surface area contributed by atoms with Crippen LogP contribution in [0.5, 0.6) is 5.75 Å². The Labute approximate surface area is 168 Å². The molecular formula is C22H22N2O3S. The van der Waals surface area contributed by atoms with Gasteiger partial charge in [-0.15, -0.1) is 0 Å². The van der Waals surface area contributed by atoms with Crippen LogP contribution in [0.3, 0.4) is 0 Å². The van der Waals surface area contributed by atoms with Crippen LogP contribution in [0.1, 0.15) is 27.9 Å². The Hall–Kier alpha value is -3.12. The van der Waals surface area contributed by atoms with Gasteiger partial charge in [0.2, 0.25) is 5.91 Å². The minimum Gasteiger partial charge on any atom is -0.489 e. The van der Waals surface area contributed by atoms with Gasteiger partial charge in [-0.05, 0) is 34.7 Å². The third-order valence-electron chi connectivity index (χ3n) is 4.08. The zero-order valence-corrected chi connectivity index (χ0v) is 16.2. The van der Waals surface area contributed by atoms with Crippen molar-refractivity contribution < 1.29 is 14.3 Å². The summed E-state index contributed by atoms with van der Waals surface area (Å²) in [6.45, 7) is 1.27. The molecule has 1 heterocycles. The summed E-state index contributed by atoms with van der Waals surface area (Å²) in [6.07, 6.45) is 0.244. The molecular weight excluding hydrogens is 372 g/mol. The molecule has 3 aromatic rings. The molecule has 2 aromatic carbocycles. The van der Waals surface area contributed by atoms with Crippen molar-refractivity contribution in [1.29, 1.82) is 0 Å². The Morgan fingerprint density at radius 3 is 2.39 bits per heavy atom. The molecule has 0 aliphatic heterocycles. The highest BCUT2D eigenvalue weighted by Gasteiger charge is 2.07. The number of benzene rings is 2. The first-order valence-electron chi connectivity index (χ1n) is 9.03. The fraction of sp³-hybridized carbons (Fsp3) is 0.182. The Morgan fingerprint density at radius 1 is 0.893 bits per heavy atom. The van der Waals surface area contributed by atoms with Crippen molar-refractivity contribution in [1.82, 2.24) is 10.6 Å². The maximum Gasteiger partial charge on any atom is 0.252 e. The van der Waals surface area contributed by atoms with Crippen molar-refractivity contribution in [3.05, 3.63) is 88.1 Å². The first kappa shape index (κ1) is 19.6. The maximum atomic E-state index is 11.9. The summed E-state index contributed by atoms with van der Waals surface area (Å²) in [5.41, 5.74) is 2.73. The molecule has 6 heteroatoms. The molecule has 0 saturated carbocycles. The number of hydrogen-bond donors (Lipinski definition) is 2. The molecule has 144 valence electrons. The first-order valence-corrected chi connectivity index (χ1v) is 9.98. The predicted molar refractivity (Wildman–Crippen MR) is 110 cm³/mol. The van der Waals surface area contributed by atoms with Crippen LogP contribution in [-0.4, -0.2) is 18.4 Å². The van der Waals surface area contributed by atoms with Gasteiger partial charge in [-0.3, -0.25) is 9.59 Å². The van der Waals surface area contributed by atoms with Crippen LogP contribution in [0.25, 0.3) is 0 Å². The Bertz CT molecular complexity index is 878. The SMILES string of the molecule is O=C(CCNC(=O)c1ccsc1)NCc1ccc(OCc2ccccc2)cc1. The van der Waals surface area contributed by atoms with Gasteiger partial charge in [0.25, 0.3) is 5.91 Å². The smallest absolute Gasteiger partial charge is 0.252 e. The molecule has 0 spiro atoms. The number of amides is 2. The zero-order valence-electron chi connectivity index (χ0n) is 15.4. The predicted octanol–water partition coefficient (Wildman–Crippen LogP) is 3.76. The molecule has 2 N–H and O–H groups in total. The van der Waals surface area contributed by atoms with E-state index in [1.54, 1.807) is 11.4 Å². The van der Waals surface area contributed by atoms with Crippen molar-refractivity contribution in [2.75, 3.05) is 6.54 Å². The number of ether oxygens (including phenoxy) is 1. The van der Waals surface area contributed by atoms with Crippen molar-refractivity contribution in [3.63, 3.8) is 0 Å². The van der Waals surface area contributed by atoms with Crippen LogP contribution in [-0.2, 0) is 17.9 Å². The van der Waals surface area contributed by atoms with Gasteiger partial charge in [0, 0.05) is 30.5 Å². The molecule has 0 bridgehead atoms.